The maximum atomic E-state index is 13.4. The monoisotopic (exact) mass is 698 g/mol. The first-order chi connectivity index (χ1) is 23.4. The van der Waals surface area contributed by atoms with Gasteiger partial charge in [0.1, 0.15) is 54.9 Å². The first-order valence-electron chi connectivity index (χ1n) is 15.3. The Morgan fingerprint density at radius 1 is 0.980 bits per heavy atom. The summed E-state index contributed by atoms with van der Waals surface area (Å²) in [5.74, 6) is -4.84. The third kappa shape index (κ3) is 7.52. The summed E-state index contributed by atoms with van der Waals surface area (Å²) in [4.78, 5) is 37.1. The first-order valence-corrected chi connectivity index (χ1v) is 15.3. The predicted octanol–water partition coefficient (Wildman–Crippen LogP) is -2.27. The molecule has 0 spiro atoms. The molecule has 0 aromatic heterocycles. The van der Waals surface area contributed by atoms with E-state index in [0.717, 1.165) is 13.0 Å². The van der Waals surface area contributed by atoms with Gasteiger partial charge in [-0.15, -0.1) is 6.58 Å². The Balaban J connectivity index is 1.35. The molecule has 13 unspecified atom stereocenters. The van der Waals surface area contributed by atoms with Gasteiger partial charge in [0.2, 0.25) is 12.6 Å². The highest BCUT2D eigenvalue weighted by Crippen LogP contribution is 2.39. The van der Waals surface area contributed by atoms with Crippen molar-refractivity contribution < 1.29 is 88.0 Å². The molecule has 5 rings (SSSR count). The van der Waals surface area contributed by atoms with Crippen LogP contribution in [0.1, 0.15) is 23.7 Å². The minimum atomic E-state index is -1.89. The molecular formula is C31H38O18. The average Bonchev–Trinajstić information content (AvgIpc) is 3.08. The van der Waals surface area contributed by atoms with Crippen molar-refractivity contribution in [3.05, 3.63) is 48.3 Å². The lowest BCUT2D eigenvalue weighted by molar-refractivity contribution is -0.339. The molecule has 4 heterocycles. The number of phenolic OH excluding ortho intramolecular Hbond substituents is 1. The molecular weight excluding hydrogens is 660 g/mol. The van der Waals surface area contributed by atoms with E-state index in [9.17, 15) is 50.1 Å². The number of ether oxygens (including phenoxy) is 8. The van der Waals surface area contributed by atoms with Crippen molar-refractivity contribution in [1.82, 2.24) is 0 Å². The van der Waals surface area contributed by atoms with Crippen molar-refractivity contribution in [2.24, 2.45) is 11.8 Å². The molecule has 1 aromatic rings. The van der Waals surface area contributed by atoms with Gasteiger partial charge >= 0.3 is 17.9 Å². The summed E-state index contributed by atoms with van der Waals surface area (Å²) in [6.07, 6.45) is -14.9. The Labute approximate surface area is 278 Å². The number of aromatic hydroxyl groups is 1. The van der Waals surface area contributed by atoms with Crippen LogP contribution in [0.3, 0.4) is 0 Å². The van der Waals surface area contributed by atoms with Crippen molar-refractivity contribution in [2.45, 2.75) is 81.0 Å². The van der Waals surface area contributed by atoms with Crippen molar-refractivity contribution in [3.8, 4) is 11.5 Å². The molecule has 0 radical (unpaired) electrons. The smallest absolute Gasteiger partial charge is 0.342 e. The quantitative estimate of drug-likeness (QED) is 0.0771. The van der Waals surface area contributed by atoms with Crippen LogP contribution in [0.25, 0.3) is 0 Å². The largest absolute Gasteiger partial charge is 0.504 e. The number of para-hydroxylation sites is 1. The van der Waals surface area contributed by atoms with E-state index in [2.05, 4.69) is 6.58 Å². The Bertz CT molecular complexity index is 1410. The Kier molecular flexibility index (Phi) is 11.4. The van der Waals surface area contributed by atoms with Crippen LogP contribution < -0.4 is 4.74 Å². The van der Waals surface area contributed by atoms with Gasteiger partial charge in [-0.1, -0.05) is 12.1 Å². The molecule has 13 atom stereocenters. The van der Waals surface area contributed by atoms with Crippen molar-refractivity contribution in [2.75, 3.05) is 19.8 Å². The average molecular weight is 699 g/mol. The summed E-state index contributed by atoms with van der Waals surface area (Å²) in [5, 5.41) is 73.0. The highest BCUT2D eigenvalue weighted by molar-refractivity contribution is 5.93. The van der Waals surface area contributed by atoms with Gasteiger partial charge in [0.25, 0.3) is 0 Å². The molecule has 3 saturated heterocycles. The van der Waals surface area contributed by atoms with Crippen LogP contribution in [0.4, 0.5) is 0 Å². The number of esters is 3. The fraction of sp³-hybridized carbons (Fsp3) is 0.581. The fourth-order valence-corrected chi connectivity index (χ4v) is 5.91. The Morgan fingerprint density at radius 3 is 2.41 bits per heavy atom. The predicted molar refractivity (Wildman–Crippen MR) is 156 cm³/mol. The second-order valence-electron chi connectivity index (χ2n) is 11.7. The minimum absolute atomic E-state index is 0.150. The zero-order chi connectivity index (χ0) is 35.6. The number of aliphatic hydroxyl groups is 6. The van der Waals surface area contributed by atoms with Gasteiger partial charge in [0.15, 0.2) is 23.9 Å². The molecule has 0 saturated carbocycles. The number of carbonyl (C=O) groups is 3. The van der Waals surface area contributed by atoms with E-state index >= 15 is 0 Å². The standard InChI is InChI=1S/C31H38O18/c1-3-13-14-7-8-42-27(40)16(14)10-44-29(13)49-31-25(39)26(22(36)19(47-31)11-43-12(2)33)48-28(41)15-5-4-6-17(20(15)34)45-30-24(38)23(37)21(35)18(9-32)46-30/h3-6,10,13-14,18-19,21-26,29-32,34-39H,1,7-9,11H2,2H3. The third-order valence-electron chi connectivity index (χ3n) is 8.59. The van der Waals surface area contributed by atoms with Crippen LogP contribution in [-0.4, -0.2) is 141 Å². The molecule has 49 heavy (non-hydrogen) atoms. The second-order valence-corrected chi connectivity index (χ2v) is 11.7. The number of aliphatic hydroxyl groups excluding tert-OH is 6. The van der Waals surface area contributed by atoms with E-state index in [0.29, 0.717) is 6.42 Å². The van der Waals surface area contributed by atoms with Gasteiger partial charge < -0.3 is 73.6 Å². The maximum absolute atomic E-state index is 13.4. The number of benzene rings is 1. The van der Waals surface area contributed by atoms with Crippen LogP contribution in [0.2, 0.25) is 0 Å². The second kappa shape index (κ2) is 15.4. The summed E-state index contributed by atoms with van der Waals surface area (Å²) in [6, 6.07) is 3.54. The third-order valence-corrected chi connectivity index (χ3v) is 8.59. The summed E-state index contributed by atoms with van der Waals surface area (Å²) in [6.45, 7) is 3.78. The molecule has 0 bridgehead atoms. The minimum Gasteiger partial charge on any atom is -0.504 e. The maximum Gasteiger partial charge on any atom is 0.342 e. The van der Waals surface area contributed by atoms with Crippen molar-refractivity contribution in [1.29, 1.82) is 0 Å². The van der Waals surface area contributed by atoms with Crippen LogP contribution in [0.15, 0.2) is 42.7 Å². The molecule has 7 N–H and O–H groups in total. The normalized spacial score (nSPS) is 37.4. The Hall–Kier alpha value is -3.85. The number of carbonyl (C=O) groups excluding carboxylic acids is 3. The van der Waals surface area contributed by atoms with Crippen molar-refractivity contribution >= 4 is 17.9 Å². The van der Waals surface area contributed by atoms with E-state index in [1.807, 2.05) is 0 Å². The first kappa shape index (κ1) is 36.4. The van der Waals surface area contributed by atoms with Gasteiger partial charge in [-0.3, -0.25) is 4.79 Å². The molecule has 4 aliphatic heterocycles. The fourth-order valence-electron chi connectivity index (χ4n) is 5.91. The Morgan fingerprint density at radius 2 is 1.71 bits per heavy atom. The van der Waals surface area contributed by atoms with Gasteiger partial charge in [-0.05, 0) is 18.6 Å². The van der Waals surface area contributed by atoms with Gasteiger partial charge in [0.05, 0.1) is 25.0 Å². The zero-order valence-corrected chi connectivity index (χ0v) is 26.0. The summed E-state index contributed by atoms with van der Waals surface area (Å²) in [5.41, 5.74) is -0.264. The number of rotatable bonds is 10. The molecule has 18 heteroatoms. The van der Waals surface area contributed by atoms with E-state index in [4.69, 9.17) is 37.9 Å². The zero-order valence-electron chi connectivity index (χ0n) is 26.0. The molecule has 3 fully saturated rings. The number of hydrogen-bond donors (Lipinski definition) is 7. The number of fused-ring (bicyclic) bond motifs is 1. The molecule has 270 valence electrons. The lowest BCUT2D eigenvalue weighted by Gasteiger charge is -2.44. The van der Waals surface area contributed by atoms with E-state index < -0.39 is 128 Å². The van der Waals surface area contributed by atoms with Crippen LogP contribution >= 0.6 is 0 Å². The van der Waals surface area contributed by atoms with Gasteiger partial charge in [-0.2, -0.15) is 0 Å². The van der Waals surface area contributed by atoms with E-state index in [-0.39, 0.29) is 12.2 Å². The highest BCUT2D eigenvalue weighted by atomic mass is 16.8. The van der Waals surface area contributed by atoms with Crippen molar-refractivity contribution in [3.63, 3.8) is 0 Å². The number of cyclic esters (lactones) is 1. The molecule has 4 aliphatic rings. The molecule has 18 nitrogen and oxygen atoms in total. The lowest BCUT2D eigenvalue weighted by Crippen LogP contribution is -2.61. The van der Waals surface area contributed by atoms with Crippen LogP contribution in [0.5, 0.6) is 11.5 Å². The number of hydrogen-bond acceptors (Lipinski definition) is 18. The van der Waals surface area contributed by atoms with E-state index in [1.54, 1.807) is 0 Å². The summed E-state index contributed by atoms with van der Waals surface area (Å²) < 4.78 is 43.5. The van der Waals surface area contributed by atoms with E-state index in [1.165, 1.54) is 24.5 Å². The van der Waals surface area contributed by atoms with Crippen LogP contribution in [0, 0.1) is 11.8 Å². The topological polar surface area (TPSA) is 267 Å². The summed E-state index contributed by atoms with van der Waals surface area (Å²) in [7, 11) is 0. The van der Waals surface area contributed by atoms with Crippen LogP contribution in [-0.2, 0) is 42.7 Å². The molecule has 1 aromatic carbocycles. The summed E-state index contributed by atoms with van der Waals surface area (Å²) >= 11 is 0. The molecule has 0 aliphatic carbocycles. The molecule has 0 amide bonds. The van der Waals surface area contributed by atoms with Gasteiger partial charge in [-0.25, -0.2) is 9.59 Å². The number of phenols is 1. The SMILES string of the molecule is C=CC1C(OC2OC(COC(C)=O)C(O)C(OC(=O)c3cccc(OC4OC(CO)C(O)C(O)C4O)c3O)C2O)OC=C2C(=O)OCCC21. The lowest BCUT2D eigenvalue weighted by atomic mass is 9.81. The van der Waals surface area contributed by atoms with Gasteiger partial charge in [0, 0.05) is 18.8 Å². The highest BCUT2D eigenvalue weighted by Gasteiger charge is 2.51.